The zero-order chi connectivity index (χ0) is 14.0. The van der Waals surface area contributed by atoms with E-state index >= 15 is 0 Å². The van der Waals surface area contributed by atoms with Gasteiger partial charge in [0.1, 0.15) is 5.75 Å². The second kappa shape index (κ2) is 5.31. The highest BCUT2D eigenvalue weighted by Crippen LogP contribution is 2.29. The Labute approximate surface area is 117 Å². The normalized spacial score (nSPS) is 10.3. The maximum atomic E-state index is 10.9. The molecule has 0 amide bonds. The van der Waals surface area contributed by atoms with Crippen LogP contribution in [0.15, 0.2) is 22.7 Å². The van der Waals surface area contributed by atoms with E-state index in [9.17, 15) is 4.79 Å². The molecule has 0 aliphatic heterocycles. The van der Waals surface area contributed by atoms with E-state index in [0.717, 1.165) is 0 Å². The fourth-order valence-electron chi connectivity index (χ4n) is 1.29. The minimum atomic E-state index is -1.03. The van der Waals surface area contributed by atoms with Gasteiger partial charge in [-0.2, -0.15) is 4.98 Å². The summed E-state index contributed by atoms with van der Waals surface area (Å²) < 4.78 is 6.05. The van der Waals surface area contributed by atoms with E-state index in [0.29, 0.717) is 21.6 Å². The van der Waals surface area contributed by atoms with Gasteiger partial charge in [0.05, 0.1) is 21.4 Å². The van der Waals surface area contributed by atoms with Crippen LogP contribution in [0.1, 0.15) is 21.7 Å². The first kappa shape index (κ1) is 13.4. The molecule has 0 aliphatic carbocycles. The fraction of sp³-hybridized carbons (Fsp3) is 0.167. The van der Waals surface area contributed by atoms with Crippen molar-refractivity contribution in [2.75, 3.05) is 0 Å². The van der Waals surface area contributed by atoms with E-state index in [2.05, 4.69) is 31.1 Å². The van der Waals surface area contributed by atoms with Crippen LogP contribution < -0.4 is 4.74 Å². The van der Waals surface area contributed by atoms with Crippen LogP contribution in [-0.4, -0.2) is 26.3 Å². The van der Waals surface area contributed by atoms with Crippen LogP contribution in [0.2, 0.25) is 0 Å². The first-order valence-corrected chi connectivity index (χ1v) is 6.15. The van der Waals surface area contributed by atoms with Crippen LogP contribution in [0.5, 0.6) is 11.8 Å². The van der Waals surface area contributed by atoms with Gasteiger partial charge in [0, 0.05) is 0 Å². The van der Waals surface area contributed by atoms with Gasteiger partial charge in [-0.05, 0) is 48.0 Å². The lowest BCUT2D eigenvalue weighted by molar-refractivity contribution is 0.0696. The molecule has 19 heavy (non-hydrogen) atoms. The molecule has 1 aromatic heterocycles. The highest BCUT2D eigenvalue weighted by molar-refractivity contribution is 9.10. The predicted octanol–water partition coefficient (Wildman–Crippen LogP) is 2.74. The van der Waals surface area contributed by atoms with E-state index in [-0.39, 0.29) is 11.6 Å². The molecule has 0 radical (unpaired) electrons. The number of carbonyl (C=O) groups is 1. The highest BCUT2D eigenvalue weighted by Gasteiger charge is 2.11. The molecule has 1 N–H and O–H groups in total. The third-order valence-corrected chi connectivity index (χ3v) is 3.11. The largest absolute Gasteiger partial charge is 0.478 e. The minimum absolute atomic E-state index is 0.0753. The van der Waals surface area contributed by atoms with Gasteiger partial charge in [0.25, 0.3) is 0 Å². The average molecular weight is 324 g/mol. The van der Waals surface area contributed by atoms with Gasteiger partial charge in [0.15, 0.2) is 0 Å². The van der Waals surface area contributed by atoms with Gasteiger partial charge in [-0.15, -0.1) is 5.10 Å². The molecule has 6 nitrogen and oxygen atoms in total. The predicted molar refractivity (Wildman–Crippen MR) is 70.5 cm³/mol. The number of hydrogen-bond acceptors (Lipinski definition) is 5. The highest BCUT2D eigenvalue weighted by atomic mass is 79.9. The summed E-state index contributed by atoms with van der Waals surface area (Å²) in [7, 11) is 0. The van der Waals surface area contributed by atoms with Gasteiger partial charge in [-0.25, -0.2) is 4.79 Å². The maximum Gasteiger partial charge on any atom is 0.341 e. The first-order chi connectivity index (χ1) is 8.97. The quantitative estimate of drug-likeness (QED) is 0.934. The zero-order valence-corrected chi connectivity index (χ0v) is 11.8. The number of rotatable bonds is 3. The smallest absolute Gasteiger partial charge is 0.341 e. The Bertz CT molecular complexity index is 646. The number of benzene rings is 1. The summed E-state index contributed by atoms with van der Waals surface area (Å²) in [5.74, 6) is -0.707. The number of nitrogens with zero attached hydrogens (tertiary/aromatic N) is 3. The molecular weight excluding hydrogens is 314 g/mol. The maximum absolute atomic E-state index is 10.9. The first-order valence-electron chi connectivity index (χ1n) is 5.36. The second-order valence-electron chi connectivity index (χ2n) is 3.82. The Morgan fingerprint density at radius 2 is 2.00 bits per heavy atom. The number of halogens is 1. The van der Waals surface area contributed by atoms with Crippen molar-refractivity contribution < 1.29 is 14.6 Å². The SMILES string of the molecule is Cc1nnc(Oc2cc(C(=O)O)ccc2Br)nc1C. The second-order valence-corrected chi connectivity index (χ2v) is 4.67. The lowest BCUT2D eigenvalue weighted by Gasteiger charge is -2.07. The van der Waals surface area contributed by atoms with Gasteiger partial charge in [-0.1, -0.05) is 5.10 Å². The zero-order valence-electron chi connectivity index (χ0n) is 10.2. The summed E-state index contributed by atoms with van der Waals surface area (Å²) in [6, 6.07) is 4.53. The molecular formula is C12H10BrN3O3. The number of aryl methyl sites for hydroxylation is 2. The molecule has 0 aliphatic rings. The lowest BCUT2D eigenvalue weighted by Crippen LogP contribution is -2.01. The molecule has 98 valence electrons. The van der Waals surface area contributed by atoms with Crippen molar-refractivity contribution in [1.82, 2.24) is 15.2 Å². The van der Waals surface area contributed by atoms with Crippen LogP contribution >= 0.6 is 15.9 Å². The van der Waals surface area contributed by atoms with Gasteiger partial charge < -0.3 is 9.84 Å². The van der Waals surface area contributed by atoms with E-state index in [4.69, 9.17) is 9.84 Å². The summed E-state index contributed by atoms with van der Waals surface area (Å²) >= 11 is 3.28. The average Bonchev–Trinajstić information content (AvgIpc) is 2.36. The standard InChI is InChI=1S/C12H10BrN3O3/c1-6-7(2)15-16-12(14-6)19-10-5-8(11(17)18)3-4-9(10)13/h3-5H,1-2H3,(H,17,18). The Morgan fingerprint density at radius 3 is 2.63 bits per heavy atom. The van der Waals surface area contributed by atoms with Crippen LogP contribution in [-0.2, 0) is 0 Å². The molecule has 2 aromatic rings. The van der Waals surface area contributed by atoms with Crippen LogP contribution in [0.3, 0.4) is 0 Å². The Balaban J connectivity index is 2.34. The van der Waals surface area contributed by atoms with Gasteiger partial charge in [0.2, 0.25) is 0 Å². The molecule has 0 bridgehead atoms. The van der Waals surface area contributed by atoms with Crippen molar-refractivity contribution in [3.8, 4) is 11.8 Å². The summed E-state index contributed by atoms with van der Waals surface area (Å²) in [6.45, 7) is 3.58. The Hall–Kier alpha value is -2.02. The van der Waals surface area contributed by atoms with Gasteiger partial charge >= 0.3 is 12.0 Å². The van der Waals surface area contributed by atoms with Gasteiger partial charge in [-0.3, -0.25) is 0 Å². The topological polar surface area (TPSA) is 85.2 Å². The van der Waals surface area contributed by atoms with Crippen LogP contribution in [0, 0.1) is 13.8 Å². The van der Waals surface area contributed by atoms with Crippen molar-refractivity contribution >= 4 is 21.9 Å². The van der Waals surface area contributed by atoms with Crippen molar-refractivity contribution in [1.29, 1.82) is 0 Å². The molecule has 0 fully saturated rings. The fourth-order valence-corrected chi connectivity index (χ4v) is 1.62. The van der Waals surface area contributed by atoms with Crippen LogP contribution in [0.25, 0.3) is 0 Å². The third kappa shape index (κ3) is 3.05. The molecule has 0 atom stereocenters. The number of hydrogen-bond donors (Lipinski definition) is 1. The third-order valence-electron chi connectivity index (χ3n) is 2.45. The number of aromatic carboxylic acids is 1. The monoisotopic (exact) mass is 323 g/mol. The molecule has 0 spiro atoms. The van der Waals surface area contributed by atoms with E-state index in [1.165, 1.54) is 12.1 Å². The van der Waals surface area contributed by atoms with E-state index in [1.807, 2.05) is 0 Å². The number of carboxylic acid groups (broad SMARTS) is 1. The van der Waals surface area contributed by atoms with Crippen molar-refractivity contribution in [2.45, 2.75) is 13.8 Å². The Morgan fingerprint density at radius 1 is 1.26 bits per heavy atom. The van der Waals surface area contributed by atoms with Crippen LogP contribution in [0.4, 0.5) is 0 Å². The number of carboxylic acids is 1. The van der Waals surface area contributed by atoms with E-state index in [1.54, 1.807) is 19.9 Å². The molecule has 2 rings (SSSR count). The lowest BCUT2D eigenvalue weighted by atomic mass is 10.2. The van der Waals surface area contributed by atoms with Crippen molar-refractivity contribution in [3.63, 3.8) is 0 Å². The molecule has 0 unspecified atom stereocenters. The summed E-state index contributed by atoms with van der Waals surface area (Å²) in [5.41, 5.74) is 1.54. The summed E-state index contributed by atoms with van der Waals surface area (Å²) in [6.07, 6.45) is 0. The number of aromatic nitrogens is 3. The van der Waals surface area contributed by atoms with Crippen molar-refractivity contribution in [3.05, 3.63) is 39.6 Å². The van der Waals surface area contributed by atoms with Crippen molar-refractivity contribution in [2.24, 2.45) is 0 Å². The molecule has 0 saturated heterocycles. The summed E-state index contributed by atoms with van der Waals surface area (Å²) in [4.78, 5) is 15.0. The minimum Gasteiger partial charge on any atom is -0.478 e. The Kier molecular flexibility index (Phi) is 3.75. The van der Waals surface area contributed by atoms with E-state index < -0.39 is 5.97 Å². The summed E-state index contributed by atoms with van der Waals surface area (Å²) in [5, 5.41) is 16.6. The molecule has 1 heterocycles. The number of ether oxygens (including phenoxy) is 1. The molecule has 0 saturated carbocycles. The molecule has 1 aromatic carbocycles. The molecule has 7 heteroatoms.